The quantitative estimate of drug-likeness (QED) is 0.0423. The number of nitrogens with one attached hydrogen (secondary N) is 1. The summed E-state index contributed by atoms with van der Waals surface area (Å²) in [6.07, 6.45) is 74.3. The van der Waals surface area contributed by atoms with Gasteiger partial charge in [0.2, 0.25) is 5.91 Å². The molecule has 0 saturated carbocycles. The molecule has 0 aromatic rings. The molecule has 0 radical (unpaired) electrons. The fraction of sp³-hybridized carbons (Fsp3) is 0.732. The Morgan fingerprint density at radius 3 is 1.17 bits per heavy atom. The Bertz CT molecular complexity index is 1080. The average molecular weight is 834 g/mol. The lowest BCUT2D eigenvalue weighted by Crippen LogP contribution is -2.45. The van der Waals surface area contributed by atoms with Crippen LogP contribution < -0.4 is 5.32 Å². The zero-order chi connectivity index (χ0) is 43.5. The number of rotatable bonds is 46. The number of allylic oxidation sites excluding steroid dienone is 13. The number of amides is 1. The molecule has 0 aliphatic rings. The number of carbonyl (C=O) groups is 1. The van der Waals surface area contributed by atoms with Crippen LogP contribution in [0.3, 0.4) is 0 Å². The van der Waals surface area contributed by atoms with E-state index >= 15 is 0 Å². The van der Waals surface area contributed by atoms with E-state index in [4.69, 9.17) is 0 Å². The normalized spacial score (nSPS) is 13.6. The summed E-state index contributed by atoms with van der Waals surface area (Å²) in [5, 5.41) is 23.1. The number of aliphatic hydroxyl groups is 2. The van der Waals surface area contributed by atoms with Crippen molar-refractivity contribution >= 4 is 5.91 Å². The monoisotopic (exact) mass is 834 g/mol. The van der Waals surface area contributed by atoms with E-state index in [9.17, 15) is 15.0 Å². The number of carbonyl (C=O) groups excluding carboxylic acids is 1. The Labute approximate surface area is 373 Å². The number of hydrogen-bond acceptors (Lipinski definition) is 3. The molecular weight excluding hydrogens is 735 g/mol. The van der Waals surface area contributed by atoms with Gasteiger partial charge in [-0.05, 0) is 83.5 Å². The molecule has 60 heavy (non-hydrogen) atoms. The third-order valence-corrected chi connectivity index (χ3v) is 11.3. The van der Waals surface area contributed by atoms with E-state index in [1.165, 1.54) is 161 Å². The van der Waals surface area contributed by atoms with Crippen molar-refractivity contribution in [2.75, 3.05) is 6.61 Å². The van der Waals surface area contributed by atoms with E-state index < -0.39 is 12.1 Å². The van der Waals surface area contributed by atoms with Crippen LogP contribution in [-0.4, -0.2) is 34.9 Å². The largest absolute Gasteiger partial charge is 0.394 e. The highest BCUT2D eigenvalue weighted by atomic mass is 16.3. The van der Waals surface area contributed by atoms with Gasteiger partial charge in [0.15, 0.2) is 0 Å². The predicted molar refractivity (Wildman–Crippen MR) is 267 cm³/mol. The van der Waals surface area contributed by atoms with E-state index in [1.54, 1.807) is 6.08 Å². The maximum Gasteiger partial charge on any atom is 0.220 e. The number of aliphatic hydroxyl groups excluding tert-OH is 2. The van der Waals surface area contributed by atoms with Crippen molar-refractivity contribution in [3.05, 3.63) is 85.1 Å². The van der Waals surface area contributed by atoms with Crippen molar-refractivity contribution in [1.82, 2.24) is 5.32 Å². The van der Waals surface area contributed by atoms with Gasteiger partial charge in [0, 0.05) is 6.42 Å². The van der Waals surface area contributed by atoms with Gasteiger partial charge in [0.1, 0.15) is 0 Å². The number of hydrogen-bond donors (Lipinski definition) is 3. The van der Waals surface area contributed by atoms with E-state index in [-0.39, 0.29) is 12.5 Å². The van der Waals surface area contributed by atoms with E-state index in [0.29, 0.717) is 6.42 Å². The van der Waals surface area contributed by atoms with Gasteiger partial charge in [-0.1, -0.05) is 240 Å². The van der Waals surface area contributed by atoms with Crippen LogP contribution in [0.2, 0.25) is 0 Å². The molecule has 0 aromatic carbocycles. The second-order valence-corrected chi connectivity index (χ2v) is 17.2. The minimum Gasteiger partial charge on any atom is -0.394 e. The highest BCUT2D eigenvalue weighted by Crippen LogP contribution is 2.15. The smallest absolute Gasteiger partial charge is 0.220 e. The fourth-order valence-corrected chi connectivity index (χ4v) is 7.44. The first-order chi connectivity index (χ1) is 29.7. The van der Waals surface area contributed by atoms with Gasteiger partial charge in [-0.25, -0.2) is 0 Å². The molecule has 3 N–H and O–H groups in total. The van der Waals surface area contributed by atoms with Crippen LogP contribution in [0.25, 0.3) is 0 Å². The highest BCUT2D eigenvalue weighted by molar-refractivity contribution is 5.76. The first-order valence-electron chi connectivity index (χ1n) is 25.8. The molecule has 4 heteroatoms. The average Bonchev–Trinajstić information content (AvgIpc) is 3.25. The van der Waals surface area contributed by atoms with Gasteiger partial charge in [-0.15, -0.1) is 0 Å². The molecule has 0 spiro atoms. The first kappa shape index (κ1) is 57.6. The molecule has 0 saturated heterocycles. The lowest BCUT2D eigenvalue weighted by molar-refractivity contribution is -0.123. The minimum atomic E-state index is -0.875. The van der Waals surface area contributed by atoms with Crippen molar-refractivity contribution < 1.29 is 15.0 Å². The summed E-state index contributed by atoms with van der Waals surface area (Å²) >= 11 is 0. The Morgan fingerprint density at radius 1 is 0.417 bits per heavy atom. The first-order valence-corrected chi connectivity index (χ1v) is 25.8. The zero-order valence-electron chi connectivity index (χ0n) is 39.7. The molecule has 0 heterocycles. The molecule has 0 aliphatic carbocycles. The second-order valence-electron chi connectivity index (χ2n) is 17.2. The Balaban J connectivity index is 3.59. The van der Waals surface area contributed by atoms with Crippen LogP contribution in [0.15, 0.2) is 85.1 Å². The van der Waals surface area contributed by atoms with E-state index in [2.05, 4.69) is 92.1 Å². The van der Waals surface area contributed by atoms with Gasteiger partial charge >= 0.3 is 0 Å². The second kappa shape index (κ2) is 50.9. The number of unbranched alkanes of at least 4 members (excludes halogenated alkanes) is 27. The molecular formula is C56H99NO3. The summed E-state index contributed by atoms with van der Waals surface area (Å²) in [6.45, 7) is 4.19. The maximum atomic E-state index is 12.4. The van der Waals surface area contributed by atoms with Gasteiger partial charge < -0.3 is 15.5 Å². The summed E-state index contributed by atoms with van der Waals surface area (Å²) in [5.74, 6) is -0.0804. The standard InChI is InChI=1S/C56H99NO3/c1-3-5-7-9-11-13-15-17-19-21-23-25-26-27-28-29-30-32-34-36-38-40-42-44-46-48-50-52-56(60)57-54(53-58)55(59)51-49-47-45-43-41-39-37-35-33-31-24-22-20-18-16-14-12-10-8-6-4-2/h5,7,11,13,17,19,23,25,33,35,41,43,49,51,54-55,58-59H,3-4,6,8-10,12,14-16,18,20-22,24,26-32,34,36-40,42,44-48,50,52-53H2,1-2H3,(H,57,60)/b7-5-,13-11-,19-17-,25-23-,35-33+,43-41+,51-49+. The molecule has 0 aliphatic heterocycles. The van der Waals surface area contributed by atoms with Gasteiger partial charge in [-0.3, -0.25) is 4.79 Å². The molecule has 0 rings (SSSR count). The van der Waals surface area contributed by atoms with Gasteiger partial charge in [-0.2, -0.15) is 0 Å². The lowest BCUT2D eigenvalue weighted by atomic mass is 10.0. The van der Waals surface area contributed by atoms with E-state index in [0.717, 1.165) is 64.2 Å². The molecule has 2 unspecified atom stereocenters. The molecule has 0 bridgehead atoms. The lowest BCUT2D eigenvalue weighted by Gasteiger charge is -2.19. The minimum absolute atomic E-state index is 0.0804. The zero-order valence-corrected chi connectivity index (χ0v) is 39.7. The molecule has 346 valence electrons. The SMILES string of the molecule is CC/C=C\C/C=C\C/C=C\C/C=C\CCCCCCCCCCCCCCCCC(=O)NC(CO)C(O)/C=C/CC/C=C/CC/C=C/CCCCCCCCCCCCC. The Hall–Kier alpha value is -2.43. The molecule has 2 atom stereocenters. The summed E-state index contributed by atoms with van der Waals surface area (Å²) in [6, 6.07) is -0.650. The van der Waals surface area contributed by atoms with Crippen molar-refractivity contribution in [2.24, 2.45) is 0 Å². The van der Waals surface area contributed by atoms with Crippen molar-refractivity contribution in [3.63, 3.8) is 0 Å². The molecule has 4 nitrogen and oxygen atoms in total. The fourth-order valence-electron chi connectivity index (χ4n) is 7.44. The summed E-state index contributed by atoms with van der Waals surface area (Å²) in [4.78, 5) is 12.4. The highest BCUT2D eigenvalue weighted by Gasteiger charge is 2.17. The maximum absolute atomic E-state index is 12.4. The third kappa shape index (κ3) is 46.6. The van der Waals surface area contributed by atoms with E-state index in [1.807, 2.05) is 6.08 Å². The molecule has 1 amide bonds. The van der Waals surface area contributed by atoms with Gasteiger partial charge in [0.05, 0.1) is 18.8 Å². The van der Waals surface area contributed by atoms with Crippen LogP contribution in [0, 0.1) is 0 Å². The van der Waals surface area contributed by atoms with Crippen LogP contribution in [0.4, 0.5) is 0 Å². The van der Waals surface area contributed by atoms with Crippen LogP contribution in [0.1, 0.15) is 245 Å². The van der Waals surface area contributed by atoms with Crippen LogP contribution in [0.5, 0.6) is 0 Å². The molecule has 0 fully saturated rings. The Morgan fingerprint density at radius 2 is 0.750 bits per heavy atom. The Kier molecular flexibility index (Phi) is 48.9. The summed E-state index contributed by atoms with van der Waals surface area (Å²) < 4.78 is 0. The predicted octanol–water partition coefficient (Wildman–Crippen LogP) is 16.8. The summed E-state index contributed by atoms with van der Waals surface area (Å²) in [7, 11) is 0. The third-order valence-electron chi connectivity index (χ3n) is 11.3. The van der Waals surface area contributed by atoms with Crippen LogP contribution in [-0.2, 0) is 4.79 Å². The van der Waals surface area contributed by atoms with Gasteiger partial charge in [0.25, 0.3) is 0 Å². The van der Waals surface area contributed by atoms with Crippen molar-refractivity contribution in [3.8, 4) is 0 Å². The van der Waals surface area contributed by atoms with Crippen LogP contribution >= 0.6 is 0 Å². The van der Waals surface area contributed by atoms with Crippen molar-refractivity contribution in [1.29, 1.82) is 0 Å². The topological polar surface area (TPSA) is 69.6 Å². The summed E-state index contributed by atoms with van der Waals surface area (Å²) in [5.41, 5.74) is 0. The van der Waals surface area contributed by atoms with Crippen molar-refractivity contribution in [2.45, 2.75) is 257 Å². The molecule has 0 aromatic heterocycles.